The lowest BCUT2D eigenvalue weighted by Crippen LogP contribution is -2.55. The highest BCUT2D eigenvalue weighted by Gasteiger charge is 2.49. The first kappa shape index (κ1) is 23.6. The van der Waals surface area contributed by atoms with E-state index in [1.807, 2.05) is 42.5 Å². The van der Waals surface area contributed by atoms with Crippen LogP contribution in [0.5, 0.6) is 11.5 Å². The minimum atomic E-state index is -0.832. The third kappa shape index (κ3) is 4.43. The predicted octanol–water partition coefficient (Wildman–Crippen LogP) is 6.12. The Labute approximate surface area is 208 Å². The summed E-state index contributed by atoms with van der Waals surface area (Å²) in [6.45, 7) is 0. The molecule has 1 heterocycles. The van der Waals surface area contributed by atoms with Crippen LogP contribution in [0.4, 0.5) is 10.1 Å². The lowest BCUT2D eigenvalue weighted by atomic mass is 9.77. The van der Waals surface area contributed by atoms with Gasteiger partial charge in [0.2, 0.25) is 5.91 Å². The molecular weight excluding hydrogens is 457 g/mol. The van der Waals surface area contributed by atoms with E-state index >= 15 is 0 Å². The number of halogens is 1. The van der Waals surface area contributed by atoms with Crippen LogP contribution < -0.4 is 4.90 Å². The lowest BCUT2D eigenvalue weighted by Gasteiger charge is -2.48. The summed E-state index contributed by atoms with van der Waals surface area (Å²) >= 11 is 0. The van der Waals surface area contributed by atoms with E-state index in [-0.39, 0.29) is 23.2 Å². The highest BCUT2D eigenvalue weighted by Crippen LogP contribution is 2.49. The monoisotopic (exact) mass is 483 g/mol. The number of aliphatic hydroxyl groups is 1. The summed E-state index contributed by atoms with van der Waals surface area (Å²) in [7, 11) is 0. The average Bonchev–Trinajstić information content (AvgIpc) is 2.89. The van der Waals surface area contributed by atoms with Gasteiger partial charge in [0.25, 0.3) is 0 Å². The number of aromatic hydroxyl groups is 2. The van der Waals surface area contributed by atoms with Crippen molar-refractivity contribution in [2.45, 2.75) is 25.0 Å². The van der Waals surface area contributed by atoms with Crippen LogP contribution >= 0.6 is 0 Å². The molecule has 4 aromatic rings. The molecule has 0 aliphatic carbocycles. The molecule has 0 aromatic heterocycles. The molecule has 182 valence electrons. The van der Waals surface area contributed by atoms with Crippen molar-refractivity contribution in [1.29, 1.82) is 0 Å². The second kappa shape index (κ2) is 9.84. The summed E-state index contributed by atoms with van der Waals surface area (Å²) in [6.07, 6.45) is -0.119. The summed E-state index contributed by atoms with van der Waals surface area (Å²) in [4.78, 5) is 14.9. The van der Waals surface area contributed by atoms with Gasteiger partial charge in [0.1, 0.15) is 17.3 Å². The molecule has 1 saturated heterocycles. The number of para-hydroxylation sites is 2. The van der Waals surface area contributed by atoms with Gasteiger partial charge in [-0.05, 0) is 60.4 Å². The zero-order valence-corrected chi connectivity index (χ0v) is 19.5. The number of phenolic OH excluding ortho intramolecular Hbond substituents is 2. The number of anilines is 1. The third-order valence-corrected chi connectivity index (χ3v) is 6.82. The fourth-order valence-electron chi connectivity index (χ4n) is 4.93. The van der Waals surface area contributed by atoms with Gasteiger partial charge in [-0.1, -0.05) is 60.7 Å². The van der Waals surface area contributed by atoms with Crippen molar-refractivity contribution in [2.75, 3.05) is 4.90 Å². The van der Waals surface area contributed by atoms with E-state index in [9.17, 15) is 24.5 Å². The topological polar surface area (TPSA) is 81.0 Å². The van der Waals surface area contributed by atoms with E-state index in [1.54, 1.807) is 47.4 Å². The average molecular weight is 484 g/mol. The number of rotatable bonds is 7. The molecule has 1 fully saturated rings. The van der Waals surface area contributed by atoms with E-state index in [0.29, 0.717) is 35.1 Å². The highest BCUT2D eigenvalue weighted by molar-refractivity contribution is 6.03. The zero-order valence-electron chi connectivity index (χ0n) is 19.5. The normalized spacial score (nSPS) is 18.1. The predicted molar refractivity (Wildman–Crippen MR) is 136 cm³/mol. The van der Waals surface area contributed by atoms with Gasteiger partial charge in [0.15, 0.2) is 0 Å². The minimum absolute atomic E-state index is 0.0262. The van der Waals surface area contributed by atoms with Crippen molar-refractivity contribution in [3.63, 3.8) is 0 Å². The van der Waals surface area contributed by atoms with Gasteiger partial charge >= 0.3 is 0 Å². The molecule has 5 rings (SSSR count). The smallest absolute Gasteiger partial charge is 0.233 e. The molecule has 1 amide bonds. The molecular formula is C30H26FNO4. The number of hydrogen-bond acceptors (Lipinski definition) is 4. The van der Waals surface area contributed by atoms with Crippen molar-refractivity contribution in [3.8, 4) is 22.6 Å². The molecule has 36 heavy (non-hydrogen) atoms. The van der Waals surface area contributed by atoms with Gasteiger partial charge in [-0.3, -0.25) is 4.79 Å². The van der Waals surface area contributed by atoms with Crippen LogP contribution in [-0.2, 0) is 4.79 Å². The first-order chi connectivity index (χ1) is 17.4. The largest absolute Gasteiger partial charge is 0.508 e. The number of aliphatic hydroxyl groups excluding tert-OH is 1. The number of β-lactam (4-membered cyclic amide) rings is 1. The molecule has 1 aliphatic rings. The van der Waals surface area contributed by atoms with Crippen LogP contribution in [0.15, 0.2) is 97.1 Å². The van der Waals surface area contributed by atoms with E-state index in [2.05, 4.69) is 0 Å². The molecule has 0 spiro atoms. The maximum absolute atomic E-state index is 13.3. The van der Waals surface area contributed by atoms with Gasteiger partial charge in [0.05, 0.1) is 18.1 Å². The maximum atomic E-state index is 13.3. The Morgan fingerprint density at radius 1 is 0.833 bits per heavy atom. The van der Waals surface area contributed by atoms with Crippen molar-refractivity contribution in [3.05, 3.63) is 114 Å². The van der Waals surface area contributed by atoms with E-state index in [1.165, 1.54) is 12.1 Å². The van der Waals surface area contributed by atoms with Crippen LogP contribution in [0, 0.1) is 11.7 Å². The molecule has 0 unspecified atom stereocenters. The lowest BCUT2D eigenvalue weighted by molar-refractivity contribution is -0.131. The Balaban J connectivity index is 1.43. The Hall–Kier alpha value is -4.16. The first-order valence-electron chi connectivity index (χ1n) is 11.9. The minimum Gasteiger partial charge on any atom is -0.508 e. The molecule has 0 bridgehead atoms. The van der Waals surface area contributed by atoms with Crippen LogP contribution in [0.25, 0.3) is 11.1 Å². The van der Waals surface area contributed by atoms with E-state index < -0.39 is 18.1 Å². The molecule has 3 atom stereocenters. The van der Waals surface area contributed by atoms with Gasteiger partial charge in [-0.2, -0.15) is 0 Å². The van der Waals surface area contributed by atoms with Crippen LogP contribution in [0.2, 0.25) is 0 Å². The molecule has 0 saturated carbocycles. The Morgan fingerprint density at radius 3 is 2.22 bits per heavy atom. The number of nitrogens with zero attached hydrogens (tertiary/aromatic N) is 1. The number of benzene rings is 4. The summed E-state index contributed by atoms with van der Waals surface area (Å²) < 4.78 is 13.2. The van der Waals surface area contributed by atoms with Crippen LogP contribution in [-0.4, -0.2) is 21.2 Å². The first-order valence-corrected chi connectivity index (χ1v) is 11.9. The highest BCUT2D eigenvalue weighted by atomic mass is 19.1. The summed E-state index contributed by atoms with van der Waals surface area (Å²) in [5.41, 5.74) is 3.18. The summed E-state index contributed by atoms with van der Waals surface area (Å²) in [6, 6.07) is 26.7. The number of amides is 1. The molecule has 0 radical (unpaired) electrons. The van der Waals surface area contributed by atoms with Gasteiger partial charge in [0, 0.05) is 16.8 Å². The number of carbonyl (C=O) groups is 1. The Kier molecular flexibility index (Phi) is 6.44. The van der Waals surface area contributed by atoms with Gasteiger partial charge < -0.3 is 20.2 Å². The Bertz CT molecular complexity index is 1370. The fourth-order valence-corrected chi connectivity index (χ4v) is 4.93. The second-order valence-electron chi connectivity index (χ2n) is 9.03. The summed E-state index contributed by atoms with van der Waals surface area (Å²) in [5.74, 6) is -0.759. The van der Waals surface area contributed by atoms with Crippen molar-refractivity contribution < 1.29 is 24.5 Å². The number of carbonyl (C=O) groups excluding carboxylic acids is 1. The second-order valence-corrected chi connectivity index (χ2v) is 9.03. The quantitative estimate of drug-likeness (QED) is 0.277. The molecule has 3 N–H and O–H groups in total. The van der Waals surface area contributed by atoms with Crippen molar-refractivity contribution >= 4 is 11.6 Å². The maximum Gasteiger partial charge on any atom is 0.233 e. The van der Waals surface area contributed by atoms with Crippen LogP contribution in [0.3, 0.4) is 0 Å². The molecule has 4 aromatic carbocycles. The van der Waals surface area contributed by atoms with Gasteiger partial charge in [-0.15, -0.1) is 0 Å². The van der Waals surface area contributed by atoms with Crippen molar-refractivity contribution in [2.24, 2.45) is 5.92 Å². The Morgan fingerprint density at radius 2 is 1.53 bits per heavy atom. The summed E-state index contributed by atoms with van der Waals surface area (Å²) in [5, 5.41) is 31.9. The van der Waals surface area contributed by atoms with Crippen molar-refractivity contribution in [1.82, 2.24) is 0 Å². The number of phenols is 2. The van der Waals surface area contributed by atoms with E-state index in [0.717, 1.165) is 5.69 Å². The SMILES string of the molecule is O=C1[C@H](CC[C@H](O)c2ccc(F)cc2)[C@@H](c2ccc(-c3ccccc3O)cc2O)N1c1ccccc1. The van der Waals surface area contributed by atoms with E-state index in [4.69, 9.17) is 0 Å². The standard InChI is InChI=1S/C30H26FNO4/c31-21-13-10-19(11-14-21)26(33)17-16-25-29(32(30(25)36)22-6-2-1-3-7-22)24-15-12-20(18-28(24)35)23-8-4-5-9-27(23)34/h1-15,18,25-26,29,33-35H,16-17H2/t25-,26+,29-/m1/s1. The zero-order chi connectivity index (χ0) is 25.2. The number of hydrogen-bond donors (Lipinski definition) is 3. The molecule has 5 nitrogen and oxygen atoms in total. The van der Waals surface area contributed by atoms with Gasteiger partial charge in [-0.25, -0.2) is 4.39 Å². The van der Waals surface area contributed by atoms with Crippen LogP contribution in [0.1, 0.15) is 36.1 Å². The fraction of sp³-hybridized carbons (Fsp3) is 0.167. The third-order valence-electron chi connectivity index (χ3n) is 6.82. The molecule has 6 heteroatoms. The molecule has 1 aliphatic heterocycles.